The molecule has 0 saturated carbocycles. The third kappa shape index (κ3) is 2.94. The molecule has 0 spiro atoms. The van der Waals surface area contributed by atoms with E-state index in [1.807, 2.05) is 6.92 Å². The van der Waals surface area contributed by atoms with Crippen molar-refractivity contribution in [2.75, 3.05) is 31.6 Å². The Morgan fingerprint density at radius 3 is 2.47 bits per heavy atom. The lowest BCUT2D eigenvalue weighted by molar-refractivity contribution is -0.183. The Morgan fingerprint density at radius 1 is 1.06 bits per heavy atom. The summed E-state index contributed by atoms with van der Waals surface area (Å²) in [5, 5.41) is 25.4. The number of rotatable bonds is 4. The van der Waals surface area contributed by atoms with Crippen LogP contribution in [0.1, 0.15) is 56.3 Å². The average Bonchev–Trinajstić information content (AvgIpc) is 3.25. The fourth-order valence-electron chi connectivity index (χ4n) is 5.24. The molecule has 1 aliphatic heterocycles. The number of ketones is 2. The number of phenols is 2. The summed E-state index contributed by atoms with van der Waals surface area (Å²) in [6.07, 6.45) is 1.48. The molecule has 8 nitrogen and oxygen atoms in total. The summed E-state index contributed by atoms with van der Waals surface area (Å²) in [6, 6.07) is 4.94. The molecule has 0 aromatic heterocycles. The van der Waals surface area contributed by atoms with Gasteiger partial charge < -0.3 is 30.7 Å². The Bertz CT molecular complexity index is 1140. The molecule has 1 fully saturated rings. The normalized spacial score (nSPS) is 21.1. The average molecular weight is 438 g/mol. The number of hydrogen-bond acceptors (Lipinski definition) is 8. The Morgan fingerprint density at radius 2 is 1.75 bits per heavy atom. The van der Waals surface area contributed by atoms with Crippen LogP contribution in [0, 0.1) is 5.92 Å². The van der Waals surface area contributed by atoms with Gasteiger partial charge in [-0.3, -0.25) is 9.59 Å². The van der Waals surface area contributed by atoms with Crippen LogP contribution in [0.15, 0.2) is 18.2 Å². The molecule has 168 valence electrons. The Hall–Kier alpha value is -2.94. The first-order chi connectivity index (χ1) is 15.4. The Balaban J connectivity index is 1.63. The van der Waals surface area contributed by atoms with Crippen LogP contribution in [0.3, 0.4) is 0 Å². The topological polar surface area (TPSA) is 131 Å². The number of nitrogens with one attached hydrogen (secondary N) is 1. The van der Waals surface area contributed by atoms with Crippen molar-refractivity contribution < 1.29 is 29.3 Å². The van der Waals surface area contributed by atoms with Crippen LogP contribution in [0.2, 0.25) is 0 Å². The summed E-state index contributed by atoms with van der Waals surface area (Å²) < 4.78 is 11.6. The standard InChI is InChI=1S/C24H26N2O6/c1-24(31-9-10-32-24)12-5-6-13-15(11-12)22(29)18-19(20(13)27)23(30)17-14(21(18)28)3-2-4-16(17)26-8-7-25/h2-4,12,26-27,29H,5-11,25H2,1H3. The van der Waals surface area contributed by atoms with Gasteiger partial charge in [0, 0.05) is 41.4 Å². The fraction of sp³-hybridized carbons (Fsp3) is 0.417. The molecule has 1 unspecified atom stereocenters. The van der Waals surface area contributed by atoms with E-state index in [0.29, 0.717) is 62.4 Å². The van der Waals surface area contributed by atoms with Crippen molar-refractivity contribution in [3.8, 4) is 11.5 Å². The van der Waals surface area contributed by atoms with Crippen LogP contribution in [-0.2, 0) is 22.3 Å². The zero-order chi connectivity index (χ0) is 22.6. The number of hydrogen-bond donors (Lipinski definition) is 4. The van der Waals surface area contributed by atoms with E-state index in [-0.39, 0.29) is 39.7 Å². The summed E-state index contributed by atoms with van der Waals surface area (Å²) in [5.41, 5.74) is 7.19. The molecule has 2 aliphatic carbocycles. The van der Waals surface area contributed by atoms with E-state index in [4.69, 9.17) is 15.2 Å². The fourth-order valence-corrected chi connectivity index (χ4v) is 5.24. The summed E-state index contributed by atoms with van der Waals surface area (Å²) in [4.78, 5) is 26.9. The highest BCUT2D eigenvalue weighted by Gasteiger charge is 2.45. The van der Waals surface area contributed by atoms with Gasteiger partial charge in [-0.05, 0) is 32.3 Å². The SMILES string of the molecule is CC1(C2CCc3c(O)c4c(c(O)c3C2)C(=O)c2cccc(NCCN)c2C4=O)OCCO1. The zero-order valence-electron chi connectivity index (χ0n) is 17.9. The maximum atomic E-state index is 13.5. The van der Waals surface area contributed by atoms with E-state index in [1.54, 1.807) is 18.2 Å². The number of ether oxygens (including phenoxy) is 2. The second kappa shape index (κ2) is 7.58. The number of fused-ring (bicyclic) bond motifs is 3. The zero-order valence-corrected chi connectivity index (χ0v) is 17.9. The van der Waals surface area contributed by atoms with Gasteiger partial charge in [0.25, 0.3) is 0 Å². The summed E-state index contributed by atoms with van der Waals surface area (Å²) >= 11 is 0. The van der Waals surface area contributed by atoms with Crippen LogP contribution in [0.5, 0.6) is 11.5 Å². The van der Waals surface area contributed by atoms with Crippen LogP contribution in [0.25, 0.3) is 0 Å². The van der Waals surface area contributed by atoms with Crippen LogP contribution in [0.4, 0.5) is 5.69 Å². The van der Waals surface area contributed by atoms with Gasteiger partial charge in [-0.2, -0.15) is 0 Å². The molecule has 3 aliphatic rings. The first-order valence-electron chi connectivity index (χ1n) is 10.9. The van der Waals surface area contributed by atoms with Crippen molar-refractivity contribution in [3.63, 3.8) is 0 Å². The minimum Gasteiger partial charge on any atom is -0.507 e. The van der Waals surface area contributed by atoms with Gasteiger partial charge in [0.15, 0.2) is 17.4 Å². The highest BCUT2D eigenvalue weighted by atomic mass is 16.7. The van der Waals surface area contributed by atoms with Gasteiger partial charge in [0.1, 0.15) is 11.5 Å². The van der Waals surface area contributed by atoms with Gasteiger partial charge in [-0.25, -0.2) is 0 Å². The molecule has 0 amide bonds. The van der Waals surface area contributed by atoms with Crippen molar-refractivity contribution in [1.29, 1.82) is 0 Å². The Labute approximate surface area is 185 Å². The lowest BCUT2D eigenvalue weighted by atomic mass is 9.74. The molecule has 5 rings (SSSR count). The quantitative estimate of drug-likeness (QED) is 0.456. The van der Waals surface area contributed by atoms with E-state index < -0.39 is 17.4 Å². The predicted molar refractivity (Wildman–Crippen MR) is 116 cm³/mol. The molecule has 8 heteroatoms. The summed E-state index contributed by atoms with van der Waals surface area (Å²) in [5.74, 6) is -2.24. The van der Waals surface area contributed by atoms with Gasteiger partial charge in [-0.15, -0.1) is 0 Å². The van der Waals surface area contributed by atoms with Crippen molar-refractivity contribution in [1.82, 2.24) is 0 Å². The number of carbonyl (C=O) groups is 2. The number of aromatic hydroxyl groups is 2. The maximum Gasteiger partial charge on any atom is 0.200 e. The monoisotopic (exact) mass is 438 g/mol. The molecule has 1 saturated heterocycles. The highest BCUT2D eigenvalue weighted by Crippen LogP contribution is 2.49. The van der Waals surface area contributed by atoms with Crippen molar-refractivity contribution in [3.05, 3.63) is 51.6 Å². The van der Waals surface area contributed by atoms with Gasteiger partial charge in [0.05, 0.1) is 29.9 Å². The molecule has 2 aromatic rings. The molecular formula is C24H26N2O6. The van der Waals surface area contributed by atoms with E-state index in [2.05, 4.69) is 5.32 Å². The molecule has 0 radical (unpaired) electrons. The van der Waals surface area contributed by atoms with Crippen LogP contribution < -0.4 is 11.1 Å². The highest BCUT2D eigenvalue weighted by molar-refractivity contribution is 6.32. The van der Waals surface area contributed by atoms with E-state index >= 15 is 0 Å². The number of phenolic OH excluding ortho intramolecular Hbond substituents is 2. The second-order valence-corrected chi connectivity index (χ2v) is 8.66. The van der Waals surface area contributed by atoms with Gasteiger partial charge >= 0.3 is 0 Å². The lowest BCUT2D eigenvalue weighted by Gasteiger charge is -2.37. The number of nitrogens with two attached hydrogens (primary N) is 1. The third-order valence-electron chi connectivity index (χ3n) is 6.91. The first kappa shape index (κ1) is 20.9. The maximum absolute atomic E-state index is 13.5. The minimum atomic E-state index is -0.772. The largest absolute Gasteiger partial charge is 0.507 e. The van der Waals surface area contributed by atoms with Crippen molar-refractivity contribution in [2.45, 2.75) is 32.0 Å². The first-order valence-corrected chi connectivity index (χ1v) is 10.9. The molecule has 0 bridgehead atoms. The summed E-state index contributed by atoms with van der Waals surface area (Å²) in [6.45, 7) is 3.68. The number of carbonyl (C=O) groups excluding carboxylic acids is 2. The predicted octanol–water partition coefficient (Wildman–Crippen LogP) is 2.11. The molecule has 5 N–H and O–H groups in total. The van der Waals surface area contributed by atoms with Crippen molar-refractivity contribution >= 4 is 17.3 Å². The van der Waals surface area contributed by atoms with Crippen LogP contribution >= 0.6 is 0 Å². The van der Waals surface area contributed by atoms with E-state index in [1.165, 1.54) is 0 Å². The third-order valence-corrected chi connectivity index (χ3v) is 6.91. The van der Waals surface area contributed by atoms with Crippen molar-refractivity contribution in [2.24, 2.45) is 11.7 Å². The number of anilines is 1. The summed E-state index contributed by atoms with van der Waals surface area (Å²) in [7, 11) is 0. The molecule has 1 atom stereocenters. The molecule has 2 aromatic carbocycles. The van der Waals surface area contributed by atoms with E-state index in [9.17, 15) is 19.8 Å². The lowest BCUT2D eigenvalue weighted by Crippen LogP contribution is -2.39. The van der Waals surface area contributed by atoms with Gasteiger partial charge in [-0.1, -0.05) is 12.1 Å². The molecule has 1 heterocycles. The van der Waals surface area contributed by atoms with Crippen LogP contribution in [-0.4, -0.2) is 53.9 Å². The second-order valence-electron chi connectivity index (χ2n) is 8.66. The Kier molecular flexibility index (Phi) is 4.96. The smallest absolute Gasteiger partial charge is 0.200 e. The molecular weight excluding hydrogens is 412 g/mol. The molecule has 32 heavy (non-hydrogen) atoms. The van der Waals surface area contributed by atoms with Gasteiger partial charge in [0.2, 0.25) is 0 Å². The number of benzene rings is 2. The van der Waals surface area contributed by atoms with E-state index in [0.717, 1.165) is 0 Å². The minimum absolute atomic E-state index is 0.0467.